The molecule has 6 heteroatoms. The highest BCUT2D eigenvalue weighted by molar-refractivity contribution is 7.05. The number of hydrogen-bond acceptors (Lipinski definition) is 6. The van der Waals surface area contributed by atoms with Crippen LogP contribution in [0.5, 0.6) is 11.5 Å². The van der Waals surface area contributed by atoms with Crippen molar-refractivity contribution in [1.29, 1.82) is 0 Å². The largest absolute Gasteiger partial charge is 0.496 e. The van der Waals surface area contributed by atoms with Crippen LogP contribution in [0.4, 0.5) is 0 Å². The van der Waals surface area contributed by atoms with Gasteiger partial charge in [-0.15, -0.1) is 5.10 Å². The molecule has 1 aromatic carbocycles. The van der Waals surface area contributed by atoms with Crippen molar-refractivity contribution >= 4 is 11.5 Å². The average molecular weight is 266 g/mol. The summed E-state index contributed by atoms with van der Waals surface area (Å²) < 4.78 is 14.4. The zero-order valence-electron chi connectivity index (χ0n) is 10.4. The lowest BCUT2D eigenvalue weighted by atomic mass is 10.0. The van der Waals surface area contributed by atoms with E-state index in [1.165, 1.54) is 11.5 Å². The number of nitrogens with zero attached hydrogens (tertiary/aromatic N) is 2. The first kappa shape index (κ1) is 12.8. The van der Waals surface area contributed by atoms with Crippen molar-refractivity contribution in [3.8, 4) is 11.5 Å². The quantitative estimate of drug-likeness (QED) is 0.916. The minimum absolute atomic E-state index is 0.578. The number of ether oxygens (including phenoxy) is 2. The molecule has 2 aromatic rings. The first-order valence-electron chi connectivity index (χ1n) is 5.36. The third-order valence-electron chi connectivity index (χ3n) is 2.67. The molecule has 0 fully saturated rings. The summed E-state index contributed by atoms with van der Waals surface area (Å²) in [6, 6.07) is 5.38. The lowest BCUT2D eigenvalue weighted by Gasteiger charge is -2.17. The monoisotopic (exact) mass is 266 g/mol. The molecule has 1 heterocycles. The lowest BCUT2D eigenvalue weighted by Crippen LogP contribution is -2.04. The average Bonchev–Trinajstić information content (AvgIpc) is 2.83. The van der Waals surface area contributed by atoms with Crippen LogP contribution in [0, 0.1) is 6.92 Å². The minimum atomic E-state index is -0.851. The Labute approximate surface area is 109 Å². The zero-order chi connectivity index (χ0) is 13.1. The number of hydrogen-bond donors (Lipinski definition) is 1. The Bertz CT molecular complexity index is 520. The molecule has 0 amide bonds. The summed E-state index contributed by atoms with van der Waals surface area (Å²) in [5.41, 5.74) is 1.30. The predicted molar refractivity (Wildman–Crippen MR) is 68.3 cm³/mol. The second-order valence-electron chi connectivity index (χ2n) is 3.70. The minimum Gasteiger partial charge on any atom is -0.496 e. The standard InChI is InChI=1S/C12H14N2O3S/c1-7-12(18-14-13-7)11(15)10-8(16-2)5-4-6-9(10)17-3/h4-6,11,15H,1-3H3. The van der Waals surface area contributed by atoms with Crippen molar-refractivity contribution in [3.63, 3.8) is 0 Å². The Hall–Kier alpha value is -1.66. The van der Waals surface area contributed by atoms with Gasteiger partial charge < -0.3 is 14.6 Å². The van der Waals surface area contributed by atoms with E-state index >= 15 is 0 Å². The van der Waals surface area contributed by atoms with E-state index in [0.29, 0.717) is 27.6 Å². The molecular formula is C12H14N2O3S. The Morgan fingerprint density at radius 2 is 1.83 bits per heavy atom. The van der Waals surface area contributed by atoms with Gasteiger partial charge in [0.25, 0.3) is 0 Å². The van der Waals surface area contributed by atoms with Crippen LogP contribution < -0.4 is 9.47 Å². The summed E-state index contributed by atoms with van der Waals surface area (Å²) in [6.45, 7) is 1.81. The summed E-state index contributed by atoms with van der Waals surface area (Å²) in [5.74, 6) is 1.16. The molecular weight excluding hydrogens is 252 g/mol. The Kier molecular flexibility index (Phi) is 3.78. The molecule has 0 spiro atoms. The van der Waals surface area contributed by atoms with Gasteiger partial charge in [-0.1, -0.05) is 10.6 Å². The fraction of sp³-hybridized carbons (Fsp3) is 0.333. The van der Waals surface area contributed by atoms with Crippen molar-refractivity contribution in [2.45, 2.75) is 13.0 Å². The van der Waals surface area contributed by atoms with Gasteiger partial charge in [-0.25, -0.2) is 0 Å². The van der Waals surface area contributed by atoms with Gasteiger partial charge in [0, 0.05) is 0 Å². The summed E-state index contributed by atoms with van der Waals surface area (Å²) in [6.07, 6.45) is -0.851. The number of aromatic nitrogens is 2. The normalized spacial score (nSPS) is 12.2. The van der Waals surface area contributed by atoms with Gasteiger partial charge >= 0.3 is 0 Å². The molecule has 18 heavy (non-hydrogen) atoms. The molecule has 1 unspecified atom stereocenters. The van der Waals surface area contributed by atoms with E-state index in [2.05, 4.69) is 9.59 Å². The molecule has 1 atom stereocenters. The van der Waals surface area contributed by atoms with Crippen LogP contribution in [0.15, 0.2) is 18.2 Å². The zero-order valence-corrected chi connectivity index (χ0v) is 11.2. The summed E-state index contributed by atoms with van der Waals surface area (Å²) in [4.78, 5) is 0.692. The van der Waals surface area contributed by atoms with Crippen molar-refractivity contribution < 1.29 is 14.6 Å². The molecule has 0 bridgehead atoms. The van der Waals surface area contributed by atoms with Gasteiger partial charge in [-0.2, -0.15) is 0 Å². The predicted octanol–water partition coefficient (Wildman–Crippen LogP) is 1.95. The summed E-state index contributed by atoms with van der Waals surface area (Å²) in [7, 11) is 3.12. The number of aliphatic hydroxyl groups is 1. The van der Waals surface area contributed by atoms with Crippen molar-refractivity contribution in [3.05, 3.63) is 34.3 Å². The van der Waals surface area contributed by atoms with E-state index < -0.39 is 6.10 Å². The van der Waals surface area contributed by atoms with Crippen LogP contribution in [0.25, 0.3) is 0 Å². The van der Waals surface area contributed by atoms with Gasteiger partial charge in [0.2, 0.25) is 0 Å². The number of rotatable bonds is 4. The SMILES string of the molecule is COc1cccc(OC)c1C(O)c1snnc1C. The Morgan fingerprint density at radius 1 is 1.22 bits per heavy atom. The van der Waals surface area contributed by atoms with E-state index in [0.717, 1.165) is 0 Å². The summed E-state index contributed by atoms with van der Waals surface area (Å²) >= 11 is 1.17. The van der Waals surface area contributed by atoms with Crippen LogP contribution >= 0.6 is 11.5 Å². The fourth-order valence-corrected chi connectivity index (χ4v) is 2.41. The van der Waals surface area contributed by atoms with E-state index in [4.69, 9.17) is 9.47 Å². The second kappa shape index (κ2) is 5.32. The Balaban J connectivity index is 2.52. The van der Waals surface area contributed by atoms with Crippen molar-refractivity contribution in [2.75, 3.05) is 14.2 Å². The Morgan fingerprint density at radius 3 is 2.28 bits per heavy atom. The van der Waals surface area contributed by atoms with Crippen LogP contribution in [-0.4, -0.2) is 28.9 Å². The van der Waals surface area contributed by atoms with Gasteiger partial charge in [0.05, 0.1) is 30.4 Å². The van der Waals surface area contributed by atoms with Gasteiger partial charge in [0.15, 0.2) is 0 Å². The van der Waals surface area contributed by atoms with Crippen molar-refractivity contribution in [2.24, 2.45) is 0 Å². The third-order valence-corrected chi connectivity index (χ3v) is 3.55. The van der Waals surface area contributed by atoms with Gasteiger partial charge in [0.1, 0.15) is 17.6 Å². The van der Waals surface area contributed by atoms with E-state index in [9.17, 15) is 5.11 Å². The maximum atomic E-state index is 10.5. The molecule has 96 valence electrons. The summed E-state index contributed by atoms with van der Waals surface area (Å²) in [5, 5.41) is 14.4. The fourth-order valence-electron chi connectivity index (χ4n) is 1.77. The van der Waals surface area contributed by atoms with E-state index in [1.54, 1.807) is 26.4 Å². The molecule has 0 aliphatic rings. The molecule has 2 rings (SSSR count). The molecule has 0 saturated heterocycles. The number of aliphatic hydroxyl groups excluding tert-OH is 1. The molecule has 0 radical (unpaired) electrons. The van der Waals surface area contributed by atoms with Crippen LogP contribution in [0.3, 0.4) is 0 Å². The van der Waals surface area contributed by atoms with Crippen molar-refractivity contribution in [1.82, 2.24) is 9.59 Å². The molecule has 1 N–H and O–H groups in total. The number of methoxy groups -OCH3 is 2. The van der Waals surface area contributed by atoms with Crippen LogP contribution in [0.1, 0.15) is 22.2 Å². The van der Waals surface area contributed by atoms with E-state index in [1.807, 2.05) is 13.0 Å². The number of aryl methyl sites for hydroxylation is 1. The smallest absolute Gasteiger partial charge is 0.128 e. The topological polar surface area (TPSA) is 64.5 Å². The molecule has 0 aliphatic heterocycles. The molecule has 0 saturated carbocycles. The molecule has 1 aromatic heterocycles. The maximum absolute atomic E-state index is 10.5. The molecule has 0 aliphatic carbocycles. The third kappa shape index (κ3) is 2.16. The highest BCUT2D eigenvalue weighted by Crippen LogP contribution is 2.38. The first-order chi connectivity index (χ1) is 8.69. The highest BCUT2D eigenvalue weighted by atomic mass is 32.1. The van der Waals surface area contributed by atoms with E-state index in [-0.39, 0.29) is 0 Å². The highest BCUT2D eigenvalue weighted by Gasteiger charge is 2.23. The van der Waals surface area contributed by atoms with Crippen LogP contribution in [-0.2, 0) is 0 Å². The lowest BCUT2D eigenvalue weighted by molar-refractivity contribution is 0.211. The second-order valence-corrected chi connectivity index (χ2v) is 4.49. The first-order valence-corrected chi connectivity index (χ1v) is 6.14. The maximum Gasteiger partial charge on any atom is 0.128 e. The van der Waals surface area contributed by atoms with Gasteiger partial charge in [-0.3, -0.25) is 0 Å². The van der Waals surface area contributed by atoms with Crippen LogP contribution in [0.2, 0.25) is 0 Å². The molecule has 5 nitrogen and oxygen atoms in total. The van der Waals surface area contributed by atoms with Gasteiger partial charge in [-0.05, 0) is 30.6 Å². The number of benzene rings is 1.